The van der Waals surface area contributed by atoms with Crippen LogP contribution in [-0.4, -0.2) is 37.6 Å². The van der Waals surface area contributed by atoms with E-state index in [9.17, 15) is 14.4 Å². The normalized spacial score (nSPS) is 11.4. The van der Waals surface area contributed by atoms with Gasteiger partial charge in [-0.05, 0) is 31.5 Å². The van der Waals surface area contributed by atoms with E-state index >= 15 is 0 Å². The molecular weight excluding hydrogens is 276 g/mol. The van der Waals surface area contributed by atoms with E-state index in [1.54, 1.807) is 32.0 Å². The molecule has 0 aliphatic carbocycles. The Bertz CT molecular complexity index is 556. The number of carbonyl (C=O) groups is 3. The number of hydrogen-bond donors (Lipinski definition) is 2. The highest BCUT2D eigenvalue weighted by Gasteiger charge is 2.24. The predicted molar refractivity (Wildman–Crippen MR) is 75.8 cm³/mol. The Balaban J connectivity index is 2.91. The lowest BCUT2D eigenvalue weighted by atomic mass is 10.1. The van der Waals surface area contributed by atoms with Crippen molar-refractivity contribution >= 4 is 23.5 Å². The van der Waals surface area contributed by atoms with Gasteiger partial charge in [0.1, 0.15) is 0 Å². The second-order valence-electron chi connectivity index (χ2n) is 4.19. The number of rotatable bonds is 5. The van der Waals surface area contributed by atoms with Crippen LogP contribution in [0.4, 0.5) is 5.69 Å². The van der Waals surface area contributed by atoms with Gasteiger partial charge in [-0.25, -0.2) is 9.59 Å². The van der Waals surface area contributed by atoms with E-state index in [-0.39, 0.29) is 6.61 Å². The van der Waals surface area contributed by atoms with Gasteiger partial charge in [0.2, 0.25) is 0 Å². The van der Waals surface area contributed by atoms with Crippen LogP contribution >= 0.6 is 0 Å². The Morgan fingerprint density at radius 2 is 2.00 bits per heavy atom. The van der Waals surface area contributed by atoms with E-state index < -0.39 is 23.9 Å². The zero-order valence-corrected chi connectivity index (χ0v) is 12.1. The van der Waals surface area contributed by atoms with Crippen molar-refractivity contribution in [3.8, 4) is 0 Å². The van der Waals surface area contributed by atoms with E-state index in [1.165, 1.54) is 7.11 Å². The largest absolute Gasteiger partial charge is 0.465 e. The van der Waals surface area contributed by atoms with Crippen LogP contribution in [0, 0.1) is 6.92 Å². The van der Waals surface area contributed by atoms with Gasteiger partial charge in [-0.15, -0.1) is 0 Å². The van der Waals surface area contributed by atoms with E-state index in [1.807, 2.05) is 0 Å². The molecule has 7 nitrogen and oxygen atoms in total. The lowest BCUT2D eigenvalue weighted by Crippen LogP contribution is -2.43. The zero-order chi connectivity index (χ0) is 16.0. The number of anilines is 1. The molecule has 1 amide bonds. The number of nitrogens with two attached hydrogens (primary N) is 1. The van der Waals surface area contributed by atoms with Crippen molar-refractivity contribution in [3.05, 3.63) is 29.3 Å². The Morgan fingerprint density at radius 1 is 1.33 bits per heavy atom. The summed E-state index contributed by atoms with van der Waals surface area (Å²) in [6.45, 7) is 3.40. The van der Waals surface area contributed by atoms with Crippen LogP contribution < -0.4 is 11.1 Å². The van der Waals surface area contributed by atoms with Crippen molar-refractivity contribution in [1.29, 1.82) is 0 Å². The highest BCUT2D eigenvalue weighted by molar-refractivity contribution is 6.08. The van der Waals surface area contributed by atoms with Crippen LogP contribution in [0.1, 0.15) is 22.8 Å². The second-order valence-corrected chi connectivity index (χ2v) is 4.19. The summed E-state index contributed by atoms with van der Waals surface area (Å²) < 4.78 is 9.32. The van der Waals surface area contributed by atoms with Gasteiger partial charge in [0.25, 0.3) is 5.91 Å². The molecule has 1 unspecified atom stereocenters. The van der Waals surface area contributed by atoms with Crippen LogP contribution in [0.25, 0.3) is 0 Å². The number of hydrogen-bond acceptors (Lipinski definition) is 6. The molecule has 21 heavy (non-hydrogen) atoms. The zero-order valence-electron chi connectivity index (χ0n) is 12.1. The smallest absolute Gasteiger partial charge is 0.338 e. The summed E-state index contributed by atoms with van der Waals surface area (Å²) in [5, 5.41) is 2.50. The number of ether oxygens (including phenoxy) is 2. The summed E-state index contributed by atoms with van der Waals surface area (Å²) in [5.74, 6) is -2.03. The number of benzene rings is 1. The van der Waals surface area contributed by atoms with Gasteiger partial charge in [-0.2, -0.15) is 0 Å². The quantitative estimate of drug-likeness (QED) is 0.608. The highest BCUT2D eigenvalue weighted by atomic mass is 16.5. The van der Waals surface area contributed by atoms with Crippen LogP contribution in [0.5, 0.6) is 0 Å². The van der Waals surface area contributed by atoms with Crippen molar-refractivity contribution in [2.75, 3.05) is 19.0 Å². The van der Waals surface area contributed by atoms with E-state index in [4.69, 9.17) is 5.73 Å². The topological polar surface area (TPSA) is 108 Å². The van der Waals surface area contributed by atoms with Crippen molar-refractivity contribution in [2.24, 2.45) is 5.73 Å². The predicted octanol–water partition coefficient (Wildman–Crippen LogP) is 0.611. The number of esters is 2. The molecule has 0 saturated carbocycles. The minimum atomic E-state index is -1.42. The molecule has 1 aromatic rings. The minimum Gasteiger partial charge on any atom is -0.465 e. The maximum atomic E-state index is 11.9. The van der Waals surface area contributed by atoms with Crippen molar-refractivity contribution in [3.63, 3.8) is 0 Å². The van der Waals surface area contributed by atoms with Gasteiger partial charge in [0.15, 0.2) is 6.04 Å². The second kappa shape index (κ2) is 7.39. The maximum Gasteiger partial charge on any atom is 0.338 e. The van der Waals surface area contributed by atoms with Crippen LogP contribution in [0.15, 0.2) is 18.2 Å². The van der Waals surface area contributed by atoms with Crippen molar-refractivity contribution in [2.45, 2.75) is 19.9 Å². The molecule has 3 N–H and O–H groups in total. The number of nitrogens with one attached hydrogen (secondary N) is 1. The fourth-order valence-electron chi connectivity index (χ4n) is 1.65. The van der Waals surface area contributed by atoms with Crippen molar-refractivity contribution in [1.82, 2.24) is 0 Å². The minimum absolute atomic E-state index is 0.136. The van der Waals surface area contributed by atoms with E-state index in [0.29, 0.717) is 16.8 Å². The van der Waals surface area contributed by atoms with Gasteiger partial charge >= 0.3 is 11.9 Å². The lowest BCUT2D eigenvalue weighted by Gasteiger charge is -2.14. The first-order valence-corrected chi connectivity index (χ1v) is 6.33. The molecule has 1 atom stereocenters. The molecule has 0 radical (unpaired) electrons. The summed E-state index contributed by atoms with van der Waals surface area (Å²) in [4.78, 5) is 34.8. The number of carbonyl (C=O) groups excluding carboxylic acids is 3. The fraction of sp³-hybridized carbons (Fsp3) is 0.357. The van der Waals surface area contributed by atoms with Crippen LogP contribution in [0.2, 0.25) is 0 Å². The first kappa shape index (κ1) is 16.6. The molecule has 0 bridgehead atoms. The summed E-state index contributed by atoms with van der Waals surface area (Å²) >= 11 is 0. The average molecular weight is 294 g/mol. The molecule has 0 aliphatic heterocycles. The molecular formula is C14H18N2O5. The summed E-state index contributed by atoms with van der Waals surface area (Å²) in [7, 11) is 1.27. The Hall–Kier alpha value is -2.41. The Labute approximate surface area is 122 Å². The molecule has 7 heteroatoms. The van der Waals surface area contributed by atoms with E-state index in [0.717, 1.165) is 0 Å². The SMILES string of the molecule is CCOC(=O)C(N)C(=O)Nc1cccc(C(=O)OC)c1C. The fourth-order valence-corrected chi connectivity index (χ4v) is 1.65. The van der Waals surface area contributed by atoms with Gasteiger partial charge in [-0.3, -0.25) is 4.79 Å². The third-order valence-corrected chi connectivity index (χ3v) is 2.82. The van der Waals surface area contributed by atoms with Crippen molar-refractivity contribution < 1.29 is 23.9 Å². The molecule has 0 aromatic heterocycles. The average Bonchev–Trinajstić information content (AvgIpc) is 2.47. The Kier molecular flexibility index (Phi) is 5.86. The maximum absolute atomic E-state index is 11.9. The third kappa shape index (κ3) is 4.03. The molecule has 0 spiro atoms. The summed E-state index contributed by atoms with van der Waals surface area (Å²) in [6.07, 6.45) is 0. The first-order valence-electron chi connectivity index (χ1n) is 6.33. The monoisotopic (exact) mass is 294 g/mol. The highest BCUT2D eigenvalue weighted by Crippen LogP contribution is 2.19. The van der Waals surface area contributed by atoms with E-state index in [2.05, 4.69) is 14.8 Å². The van der Waals surface area contributed by atoms with Gasteiger partial charge in [0.05, 0.1) is 19.3 Å². The molecule has 0 aliphatic rings. The third-order valence-electron chi connectivity index (χ3n) is 2.82. The van der Waals surface area contributed by atoms with Crippen LogP contribution in [0.3, 0.4) is 0 Å². The van der Waals surface area contributed by atoms with Gasteiger partial charge < -0.3 is 20.5 Å². The van der Waals surface area contributed by atoms with Gasteiger partial charge in [0, 0.05) is 5.69 Å². The Morgan fingerprint density at radius 3 is 2.57 bits per heavy atom. The molecule has 114 valence electrons. The molecule has 0 fully saturated rings. The summed E-state index contributed by atoms with van der Waals surface area (Å²) in [6, 6.07) is 3.33. The van der Waals surface area contributed by atoms with Crippen LogP contribution in [-0.2, 0) is 19.1 Å². The molecule has 0 saturated heterocycles. The molecule has 1 rings (SSSR count). The number of methoxy groups -OCH3 is 1. The standard InChI is InChI=1S/C14H18N2O5/c1-4-21-14(19)11(15)12(17)16-10-7-5-6-9(8(10)2)13(18)20-3/h5-7,11H,4,15H2,1-3H3,(H,16,17). The summed E-state index contributed by atoms with van der Waals surface area (Å²) in [5.41, 5.74) is 6.71. The van der Waals surface area contributed by atoms with Gasteiger partial charge in [-0.1, -0.05) is 6.07 Å². The number of amides is 1. The first-order chi connectivity index (χ1) is 9.92. The molecule has 0 heterocycles. The molecule has 1 aromatic carbocycles. The lowest BCUT2D eigenvalue weighted by molar-refractivity contribution is -0.146.